The minimum atomic E-state index is -0.961. The lowest BCUT2D eigenvalue weighted by molar-refractivity contribution is 0.0696. The summed E-state index contributed by atoms with van der Waals surface area (Å²) < 4.78 is 1.90. The van der Waals surface area contributed by atoms with Crippen LogP contribution in [0.4, 0.5) is 0 Å². The summed E-state index contributed by atoms with van der Waals surface area (Å²) in [5.74, 6) is -0.697. The molecule has 1 fully saturated rings. The second-order valence-corrected chi connectivity index (χ2v) is 5.89. The predicted octanol–water partition coefficient (Wildman–Crippen LogP) is 3.64. The maximum atomic E-state index is 12.7. The standard InChI is InChI=1S/C17H19NO3/c1-18-10-14(16(19)11-5-3-2-4-6-11)13-9-12(17(20)21)7-8-15(13)18/h7-11H,2-6H2,1H3,(H,20,21). The van der Waals surface area contributed by atoms with Gasteiger partial charge < -0.3 is 9.67 Å². The molecule has 1 aromatic carbocycles. The molecule has 21 heavy (non-hydrogen) atoms. The number of hydrogen-bond acceptors (Lipinski definition) is 2. The molecule has 0 spiro atoms. The highest BCUT2D eigenvalue weighted by atomic mass is 16.4. The van der Waals surface area contributed by atoms with Gasteiger partial charge in [-0.2, -0.15) is 0 Å². The normalized spacial score (nSPS) is 16.2. The van der Waals surface area contributed by atoms with E-state index < -0.39 is 5.97 Å². The molecule has 0 radical (unpaired) electrons. The second-order valence-electron chi connectivity index (χ2n) is 5.89. The van der Waals surface area contributed by atoms with Crippen molar-refractivity contribution in [2.75, 3.05) is 0 Å². The Hall–Kier alpha value is -2.10. The molecule has 1 aliphatic carbocycles. The van der Waals surface area contributed by atoms with Crippen LogP contribution in [0, 0.1) is 5.92 Å². The SMILES string of the molecule is Cn1cc(C(=O)C2CCCCC2)c2cc(C(=O)O)ccc21. The number of aromatic nitrogens is 1. The number of hydrogen-bond donors (Lipinski definition) is 1. The molecule has 0 bridgehead atoms. The summed E-state index contributed by atoms with van der Waals surface area (Å²) in [5.41, 5.74) is 1.80. The van der Waals surface area contributed by atoms with Crippen LogP contribution in [0.1, 0.15) is 52.8 Å². The number of aromatic carboxylic acids is 1. The molecule has 0 unspecified atom stereocenters. The highest BCUT2D eigenvalue weighted by Gasteiger charge is 2.25. The van der Waals surface area contributed by atoms with E-state index in [1.807, 2.05) is 17.8 Å². The van der Waals surface area contributed by atoms with Gasteiger partial charge in [-0.15, -0.1) is 0 Å². The van der Waals surface area contributed by atoms with Gasteiger partial charge in [-0.3, -0.25) is 4.79 Å². The molecular formula is C17H19NO3. The summed E-state index contributed by atoms with van der Waals surface area (Å²) in [7, 11) is 1.89. The summed E-state index contributed by atoms with van der Waals surface area (Å²) in [6.45, 7) is 0. The zero-order valence-corrected chi connectivity index (χ0v) is 12.1. The quantitative estimate of drug-likeness (QED) is 0.876. The Balaban J connectivity index is 2.06. The van der Waals surface area contributed by atoms with E-state index in [0.29, 0.717) is 5.56 Å². The molecular weight excluding hydrogens is 266 g/mol. The van der Waals surface area contributed by atoms with E-state index in [1.54, 1.807) is 18.2 Å². The average molecular weight is 285 g/mol. The van der Waals surface area contributed by atoms with Crippen LogP contribution in [0.5, 0.6) is 0 Å². The van der Waals surface area contributed by atoms with Crippen molar-refractivity contribution in [1.82, 2.24) is 4.57 Å². The number of carbonyl (C=O) groups is 2. The van der Waals surface area contributed by atoms with Crippen molar-refractivity contribution in [2.45, 2.75) is 32.1 Å². The van der Waals surface area contributed by atoms with E-state index >= 15 is 0 Å². The lowest BCUT2D eigenvalue weighted by Gasteiger charge is -2.19. The van der Waals surface area contributed by atoms with Crippen molar-refractivity contribution in [3.8, 4) is 0 Å². The highest BCUT2D eigenvalue weighted by molar-refractivity contribution is 6.10. The fourth-order valence-corrected chi connectivity index (χ4v) is 3.31. The summed E-state index contributed by atoms with van der Waals surface area (Å²) in [5, 5.41) is 9.89. The number of nitrogens with zero attached hydrogens (tertiary/aromatic N) is 1. The molecule has 0 atom stereocenters. The van der Waals surface area contributed by atoms with Gasteiger partial charge in [0.15, 0.2) is 5.78 Å². The van der Waals surface area contributed by atoms with Gasteiger partial charge in [0.1, 0.15) is 0 Å². The lowest BCUT2D eigenvalue weighted by atomic mass is 9.84. The number of fused-ring (bicyclic) bond motifs is 1. The first kappa shape index (κ1) is 13.9. The monoisotopic (exact) mass is 285 g/mol. The number of rotatable bonds is 3. The lowest BCUT2D eigenvalue weighted by Crippen LogP contribution is -2.17. The topological polar surface area (TPSA) is 59.3 Å². The van der Waals surface area contributed by atoms with Crippen LogP contribution < -0.4 is 0 Å². The Labute approximate surface area is 123 Å². The van der Waals surface area contributed by atoms with Gasteiger partial charge >= 0.3 is 5.97 Å². The number of ketones is 1. The van der Waals surface area contributed by atoms with Crippen LogP contribution in [0.2, 0.25) is 0 Å². The molecule has 4 heteroatoms. The highest BCUT2D eigenvalue weighted by Crippen LogP contribution is 2.30. The van der Waals surface area contributed by atoms with Gasteiger partial charge in [0.2, 0.25) is 0 Å². The molecule has 0 saturated heterocycles. The van der Waals surface area contributed by atoms with E-state index in [0.717, 1.165) is 36.6 Å². The number of carboxylic acids is 1. The molecule has 1 saturated carbocycles. The molecule has 1 aliphatic rings. The van der Waals surface area contributed by atoms with Crippen LogP contribution >= 0.6 is 0 Å². The largest absolute Gasteiger partial charge is 0.478 e. The third-order valence-corrected chi connectivity index (χ3v) is 4.48. The van der Waals surface area contributed by atoms with Gasteiger partial charge in [0.25, 0.3) is 0 Å². The van der Waals surface area contributed by atoms with Gasteiger partial charge in [0, 0.05) is 35.6 Å². The third-order valence-electron chi connectivity index (χ3n) is 4.48. The molecule has 1 heterocycles. The number of benzene rings is 1. The van der Waals surface area contributed by atoms with Gasteiger partial charge in [-0.1, -0.05) is 19.3 Å². The van der Waals surface area contributed by atoms with E-state index in [-0.39, 0.29) is 17.3 Å². The fraction of sp³-hybridized carbons (Fsp3) is 0.412. The van der Waals surface area contributed by atoms with Gasteiger partial charge in [-0.05, 0) is 31.0 Å². The Morgan fingerprint density at radius 3 is 2.57 bits per heavy atom. The Morgan fingerprint density at radius 2 is 1.90 bits per heavy atom. The number of Topliss-reactive ketones (excluding diaryl/α,β-unsaturated/α-hetero) is 1. The minimum Gasteiger partial charge on any atom is -0.478 e. The first-order chi connectivity index (χ1) is 10.1. The first-order valence-electron chi connectivity index (χ1n) is 7.44. The smallest absolute Gasteiger partial charge is 0.335 e. The van der Waals surface area contributed by atoms with Crippen molar-refractivity contribution in [2.24, 2.45) is 13.0 Å². The fourth-order valence-electron chi connectivity index (χ4n) is 3.31. The van der Waals surface area contributed by atoms with Crippen LogP contribution in [-0.4, -0.2) is 21.4 Å². The number of carbonyl (C=O) groups excluding carboxylic acids is 1. The van der Waals surface area contributed by atoms with Gasteiger partial charge in [-0.25, -0.2) is 4.79 Å². The molecule has 3 rings (SSSR count). The van der Waals surface area contributed by atoms with Crippen LogP contribution in [-0.2, 0) is 7.05 Å². The summed E-state index contributed by atoms with van der Waals surface area (Å²) >= 11 is 0. The summed E-state index contributed by atoms with van der Waals surface area (Å²) in [6, 6.07) is 4.98. The van der Waals surface area contributed by atoms with Crippen molar-refractivity contribution >= 4 is 22.7 Å². The maximum Gasteiger partial charge on any atom is 0.335 e. The van der Waals surface area contributed by atoms with Crippen LogP contribution in [0.25, 0.3) is 10.9 Å². The molecule has 2 aromatic rings. The Kier molecular flexibility index (Phi) is 3.53. The molecule has 110 valence electrons. The van der Waals surface area contributed by atoms with Gasteiger partial charge in [0.05, 0.1) is 5.56 Å². The zero-order chi connectivity index (χ0) is 15.0. The molecule has 4 nitrogen and oxygen atoms in total. The maximum absolute atomic E-state index is 12.7. The van der Waals surface area contributed by atoms with Crippen molar-refractivity contribution in [3.05, 3.63) is 35.5 Å². The van der Waals surface area contributed by atoms with E-state index in [2.05, 4.69) is 0 Å². The van der Waals surface area contributed by atoms with Crippen LogP contribution in [0.15, 0.2) is 24.4 Å². The minimum absolute atomic E-state index is 0.0952. The van der Waals surface area contributed by atoms with Crippen LogP contribution in [0.3, 0.4) is 0 Å². The summed E-state index contributed by atoms with van der Waals surface area (Å²) in [6.07, 6.45) is 7.18. The Bertz CT molecular complexity index is 708. The van der Waals surface area contributed by atoms with E-state index in [4.69, 9.17) is 5.11 Å². The number of carboxylic acid groups (broad SMARTS) is 1. The van der Waals surface area contributed by atoms with Crippen molar-refractivity contribution < 1.29 is 14.7 Å². The first-order valence-corrected chi connectivity index (χ1v) is 7.44. The average Bonchev–Trinajstić information content (AvgIpc) is 2.84. The van der Waals surface area contributed by atoms with E-state index in [9.17, 15) is 9.59 Å². The molecule has 0 amide bonds. The van der Waals surface area contributed by atoms with Crippen molar-refractivity contribution in [1.29, 1.82) is 0 Å². The second kappa shape index (κ2) is 5.35. The predicted molar refractivity (Wildman–Crippen MR) is 80.8 cm³/mol. The van der Waals surface area contributed by atoms with E-state index in [1.165, 1.54) is 6.42 Å². The molecule has 1 aromatic heterocycles. The summed E-state index contributed by atoms with van der Waals surface area (Å²) in [4.78, 5) is 23.9. The zero-order valence-electron chi connectivity index (χ0n) is 12.1. The third kappa shape index (κ3) is 2.46. The molecule has 0 aliphatic heterocycles. The Morgan fingerprint density at radius 1 is 1.19 bits per heavy atom. The van der Waals surface area contributed by atoms with Crippen molar-refractivity contribution in [3.63, 3.8) is 0 Å². The molecule has 1 N–H and O–H groups in total. The number of aryl methyl sites for hydroxylation is 1.